The quantitative estimate of drug-likeness (QED) is 0.667. The maximum absolute atomic E-state index is 11.2. The second kappa shape index (κ2) is 7.01. The Labute approximate surface area is 87.4 Å². The number of nitrogens with two attached hydrogens (primary N) is 1. The fraction of sp³-hybridized carbons (Fsp3) is 0.800. The molecule has 3 nitrogen and oxygen atoms in total. The van der Waals surface area contributed by atoms with Gasteiger partial charge in [-0.15, -0.1) is 0 Å². The number of hydrogen-bond donors (Lipinski definition) is 1. The lowest BCUT2D eigenvalue weighted by atomic mass is 10.1. The normalized spacial score (nSPS) is 14.8. The molecule has 0 amide bonds. The third kappa shape index (κ3) is 6.16. The molecule has 0 aromatic carbocycles. The molecule has 2 N–H and O–H groups in total. The lowest BCUT2D eigenvalue weighted by molar-refractivity contribution is 0.553. The predicted molar refractivity (Wildman–Crippen MR) is 60.5 cm³/mol. The van der Waals surface area contributed by atoms with E-state index in [0.717, 1.165) is 19.3 Å². The van der Waals surface area contributed by atoms with E-state index in [0.29, 0.717) is 12.8 Å². The van der Waals surface area contributed by atoms with Crippen LogP contribution < -0.4 is 5.14 Å². The maximum Gasteiger partial charge on any atom is 0.211 e. The van der Waals surface area contributed by atoms with Gasteiger partial charge in [0.25, 0.3) is 0 Å². The Bertz CT molecular complexity index is 257. The van der Waals surface area contributed by atoms with Gasteiger partial charge in [-0.3, -0.25) is 0 Å². The van der Waals surface area contributed by atoms with Crippen molar-refractivity contribution in [3.05, 3.63) is 12.2 Å². The van der Waals surface area contributed by atoms with E-state index in [4.69, 9.17) is 5.14 Å². The summed E-state index contributed by atoms with van der Waals surface area (Å²) in [5, 5.41) is 4.79. The molecule has 1 atom stereocenters. The average Bonchev–Trinajstić information content (AvgIpc) is 2.09. The molecule has 0 aromatic rings. The first-order chi connectivity index (χ1) is 6.52. The van der Waals surface area contributed by atoms with Gasteiger partial charge in [0, 0.05) is 0 Å². The molecule has 1 unspecified atom stereocenters. The van der Waals surface area contributed by atoms with Gasteiger partial charge in [-0.25, -0.2) is 13.6 Å². The van der Waals surface area contributed by atoms with E-state index >= 15 is 0 Å². The Balaban J connectivity index is 4.12. The zero-order valence-electron chi connectivity index (χ0n) is 9.07. The topological polar surface area (TPSA) is 60.2 Å². The largest absolute Gasteiger partial charge is 0.228 e. The molecule has 0 aliphatic rings. The fourth-order valence-electron chi connectivity index (χ4n) is 1.35. The van der Waals surface area contributed by atoms with E-state index in [1.807, 2.05) is 26.0 Å². The summed E-state index contributed by atoms with van der Waals surface area (Å²) in [4.78, 5) is 0. The van der Waals surface area contributed by atoms with Gasteiger partial charge < -0.3 is 0 Å². The lowest BCUT2D eigenvalue weighted by Gasteiger charge is -2.12. The van der Waals surface area contributed by atoms with Crippen molar-refractivity contribution in [1.29, 1.82) is 0 Å². The van der Waals surface area contributed by atoms with Crippen LogP contribution in [0.4, 0.5) is 0 Å². The molecule has 14 heavy (non-hydrogen) atoms. The van der Waals surface area contributed by atoms with E-state index < -0.39 is 10.0 Å². The van der Waals surface area contributed by atoms with Crippen molar-refractivity contribution in [2.75, 3.05) is 0 Å². The lowest BCUT2D eigenvalue weighted by Crippen LogP contribution is -2.28. The van der Waals surface area contributed by atoms with Gasteiger partial charge in [-0.1, -0.05) is 31.9 Å². The first-order valence-corrected chi connectivity index (χ1v) is 6.76. The van der Waals surface area contributed by atoms with Crippen LogP contribution in [0, 0.1) is 0 Å². The summed E-state index contributed by atoms with van der Waals surface area (Å²) in [5.74, 6) is 0. The molecule has 0 saturated carbocycles. The number of rotatable bonds is 7. The number of primary sulfonamides is 1. The highest BCUT2D eigenvalue weighted by atomic mass is 32.2. The van der Waals surface area contributed by atoms with Gasteiger partial charge >= 0.3 is 0 Å². The second-order valence-corrected chi connectivity index (χ2v) is 5.34. The summed E-state index contributed by atoms with van der Waals surface area (Å²) in [6.07, 6.45) is 7.97. The molecule has 0 aromatic heterocycles. The maximum atomic E-state index is 11.2. The van der Waals surface area contributed by atoms with Crippen LogP contribution in [0.2, 0.25) is 0 Å². The van der Waals surface area contributed by atoms with Crippen molar-refractivity contribution >= 4 is 10.0 Å². The third-order valence-electron chi connectivity index (χ3n) is 2.24. The Morgan fingerprint density at radius 3 is 2.43 bits per heavy atom. The molecule has 0 spiro atoms. The van der Waals surface area contributed by atoms with E-state index in [1.54, 1.807) is 0 Å². The predicted octanol–water partition coefficient (Wildman–Crippen LogP) is 2.19. The molecule has 0 rings (SSSR count). The summed E-state index contributed by atoms with van der Waals surface area (Å²) in [6.45, 7) is 3.98. The molecule has 4 heteroatoms. The molecular weight excluding hydrogens is 198 g/mol. The second-order valence-electron chi connectivity index (χ2n) is 3.50. The monoisotopic (exact) mass is 219 g/mol. The summed E-state index contributed by atoms with van der Waals surface area (Å²) in [7, 11) is -3.35. The van der Waals surface area contributed by atoms with Crippen molar-refractivity contribution in [2.45, 2.75) is 51.2 Å². The molecular formula is C10H21NO2S. The standard InChI is InChI=1S/C10H21NO2S/c1-3-5-7-9-10(8-6-4-2)14(11,12)13/h3,5,10H,4,6-9H2,1-2H3,(H2,11,12,13). The highest BCUT2D eigenvalue weighted by Crippen LogP contribution is 2.13. The van der Waals surface area contributed by atoms with Crippen molar-refractivity contribution in [3.63, 3.8) is 0 Å². The van der Waals surface area contributed by atoms with Crippen LogP contribution in [0.3, 0.4) is 0 Å². The Morgan fingerprint density at radius 1 is 1.36 bits per heavy atom. The van der Waals surface area contributed by atoms with Crippen LogP contribution in [0.25, 0.3) is 0 Å². The van der Waals surface area contributed by atoms with Crippen LogP contribution >= 0.6 is 0 Å². The van der Waals surface area contributed by atoms with Crippen molar-refractivity contribution < 1.29 is 8.42 Å². The number of allylic oxidation sites excluding steroid dienone is 2. The van der Waals surface area contributed by atoms with E-state index in [-0.39, 0.29) is 5.25 Å². The highest BCUT2D eigenvalue weighted by molar-refractivity contribution is 7.89. The minimum Gasteiger partial charge on any atom is -0.228 e. The number of hydrogen-bond acceptors (Lipinski definition) is 2. The fourth-order valence-corrected chi connectivity index (χ4v) is 2.31. The average molecular weight is 219 g/mol. The molecule has 0 saturated heterocycles. The van der Waals surface area contributed by atoms with Crippen LogP contribution in [0.15, 0.2) is 12.2 Å². The highest BCUT2D eigenvalue weighted by Gasteiger charge is 2.19. The van der Waals surface area contributed by atoms with Gasteiger partial charge in [0.1, 0.15) is 0 Å². The first kappa shape index (κ1) is 13.7. The Kier molecular flexibility index (Phi) is 6.83. The summed E-state index contributed by atoms with van der Waals surface area (Å²) < 4.78 is 22.4. The minimum absolute atomic E-state index is 0.362. The van der Waals surface area contributed by atoms with E-state index in [2.05, 4.69) is 0 Å². The van der Waals surface area contributed by atoms with Crippen LogP contribution in [0.1, 0.15) is 46.0 Å². The number of sulfonamides is 1. The molecule has 0 aliphatic heterocycles. The zero-order valence-corrected chi connectivity index (χ0v) is 9.89. The Hall–Kier alpha value is -0.350. The van der Waals surface area contributed by atoms with E-state index in [1.165, 1.54) is 0 Å². The van der Waals surface area contributed by atoms with Crippen LogP contribution in [0.5, 0.6) is 0 Å². The zero-order chi connectivity index (χ0) is 11.0. The molecule has 0 radical (unpaired) electrons. The summed E-state index contributed by atoms with van der Waals surface area (Å²) in [6, 6.07) is 0. The smallest absolute Gasteiger partial charge is 0.211 e. The minimum atomic E-state index is -3.35. The molecule has 84 valence electrons. The SMILES string of the molecule is CC=CCCC(CCCC)S(N)(=O)=O. The van der Waals surface area contributed by atoms with Gasteiger partial charge in [0.05, 0.1) is 5.25 Å². The first-order valence-electron chi connectivity index (χ1n) is 5.15. The number of unbranched alkanes of at least 4 members (excludes halogenated alkanes) is 1. The summed E-state index contributed by atoms with van der Waals surface area (Å²) >= 11 is 0. The molecule has 0 aliphatic carbocycles. The van der Waals surface area contributed by atoms with Gasteiger partial charge in [0.2, 0.25) is 10.0 Å². The van der Waals surface area contributed by atoms with Gasteiger partial charge in [-0.2, -0.15) is 0 Å². The molecule has 0 heterocycles. The third-order valence-corrected chi connectivity index (χ3v) is 3.64. The van der Waals surface area contributed by atoms with Crippen LogP contribution in [-0.4, -0.2) is 13.7 Å². The van der Waals surface area contributed by atoms with Crippen LogP contribution in [-0.2, 0) is 10.0 Å². The van der Waals surface area contributed by atoms with Crippen molar-refractivity contribution in [3.8, 4) is 0 Å². The van der Waals surface area contributed by atoms with Crippen molar-refractivity contribution in [1.82, 2.24) is 0 Å². The van der Waals surface area contributed by atoms with Gasteiger partial charge in [0.15, 0.2) is 0 Å². The molecule has 0 fully saturated rings. The van der Waals surface area contributed by atoms with Gasteiger partial charge in [-0.05, 0) is 26.2 Å². The molecule has 0 bridgehead atoms. The summed E-state index contributed by atoms with van der Waals surface area (Å²) in [5.41, 5.74) is 0. The van der Waals surface area contributed by atoms with E-state index in [9.17, 15) is 8.42 Å². The van der Waals surface area contributed by atoms with Crippen molar-refractivity contribution in [2.24, 2.45) is 5.14 Å². The Morgan fingerprint density at radius 2 is 2.00 bits per heavy atom.